The summed E-state index contributed by atoms with van der Waals surface area (Å²) >= 11 is 0. The molecular formula is C27H42N4O3. The first-order chi connectivity index (χ1) is 16.3. The molecule has 7 heteroatoms. The van der Waals surface area contributed by atoms with Gasteiger partial charge in [0.2, 0.25) is 0 Å². The van der Waals surface area contributed by atoms with Gasteiger partial charge in [-0.1, -0.05) is 58.0 Å². The van der Waals surface area contributed by atoms with E-state index in [2.05, 4.69) is 41.8 Å². The van der Waals surface area contributed by atoms with Gasteiger partial charge in [-0.05, 0) is 68.4 Å². The molecule has 5 N–H and O–H groups in total. The van der Waals surface area contributed by atoms with Crippen LogP contribution in [0.15, 0.2) is 41.5 Å². The molecule has 0 aliphatic rings. The van der Waals surface area contributed by atoms with Crippen LogP contribution in [0, 0.1) is 19.3 Å². The second-order valence-electron chi connectivity index (χ2n) is 7.21. The monoisotopic (exact) mass is 470 g/mol. The summed E-state index contributed by atoms with van der Waals surface area (Å²) in [5, 5.41) is 33.9. The Hall–Kier alpha value is -3.19. The number of aliphatic hydroxyl groups excluding tert-OH is 1. The molecule has 0 saturated heterocycles. The lowest BCUT2D eigenvalue weighted by atomic mass is 9.96. The Labute approximate surface area is 204 Å². The molecule has 0 radical (unpaired) electrons. The van der Waals surface area contributed by atoms with Gasteiger partial charge >= 0.3 is 0 Å². The minimum Gasteiger partial charge on any atom is -0.505 e. The maximum Gasteiger partial charge on any atom is 0.273 e. The minimum absolute atomic E-state index is 0.00493. The van der Waals surface area contributed by atoms with Crippen LogP contribution in [0.2, 0.25) is 0 Å². The van der Waals surface area contributed by atoms with Crippen LogP contribution in [0.25, 0.3) is 0 Å². The number of phenolic OH excluding ortho intramolecular Hbond substituents is 1. The zero-order chi connectivity index (χ0) is 26.1. The van der Waals surface area contributed by atoms with Gasteiger partial charge in [-0.2, -0.15) is 5.10 Å². The first-order valence-electron chi connectivity index (χ1n) is 12.0. The van der Waals surface area contributed by atoms with E-state index < -0.39 is 5.91 Å². The second kappa shape index (κ2) is 17.3. The van der Waals surface area contributed by atoms with Crippen LogP contribution in [0.5, 0.6) is 5.75 Å². The second-order valence-corrected chi connectivity index (χ2v) is 7.21. The van der Waals surface area contributed by atoms with Gasteiger partial charge in [0.05, 0.1) is 11.4 Å². The number of hydrogen-bond donors (Lipinski definition) is 5. The van der Waals surface area contributed by atoms with Crippen LogP contribution in [0.4, 0.5) is 5.69 Å². The van der Waals surface area contributed by atoms with E-state index in [9.17, 15) is 9.90 Å². The predicted octanol–water partition coefficient (Wildman–Crippen LogP) is 5.15. The van der Waals surface area contributed by atoms with Crippen molar-refractivity contribution < 1.29 is 15.0 Å². The number of nitrogens with zero attached hydrogens (tertiary/aromatic N) is 1. The number of para-hydroxylation sites is 1. The van der Waals surface area contributed by atoms with Crippen LogP contribution in [0.3, 0.4) is 0 Å². The summed E-state index contributed by atoms with van der Waals surface area (Å²) < 4.78 is 0. The molecule has 0 saturated carbocycles. The molecule has 34 heavy (non-hydrogen) atoms. The first-order valence-corrected chi connectivity index (χ1v) is 12.0. The SMILES string of the molecule is CC.CC.CC(=N)/C(=N/Nc1cccc(CCc2c(C)cccc2C)c1O)C(=O)NCCCO. The van der Waals surface area contributed by atoms with Crippen LogP contribution >= 0.6 is 0 Å². The fourth-order valence-electron chi connectivity index (χ4n) is 3.17. The Kier molecular flexibility index (Phi) is 15.7. The van der Waals surface area contributed by atoms with Crippen molar-refractivity contribution in [3.05, 3.63) is 58.7 Å². The molecule has 0 heterocycles. The summed E-state index contributed by atoms with van der Waals surface area (Å²) in [6.45, 7) is 13.9. The van der Waals surface area contributed by atoms with E-state index in [1.54, 1.807) is 6.07 Å². The summed E-state index contributed by atoms with van der Waals surface area (Å²) in [6, 6.07) is 11.6. The van der Waals surface area contributed by atoms with E-state index in [4.69, 9.17) is 10.5 Å². The zero-order valence-corrected chi connectivity index (χ0v) is 21.7. The third-order valence-corrected chi connectivity index (χ3v) is 4.89. The van der Waals surface area contributed by atoms with Crippen molar-refractivity contribution in [1.82, 2.24) is 5.32 Å². The van der Waals surface area contributed by atoms with Gasteiger partial charge in [0.15, 0.2) is 5.71 Å². The van der Waals surface area contributed by atoms with Gasteiger partial charge in [0.25, 0.3) is 5.91 Å². The lowest BCUT2D eigenvalue weighted by molar-refractivity contribution is -0.114. The number of amides is 1. The fourth-order valence-corrected chi connectivity index (χ4v) is 3.17. The van der Waals surface area contributed by atoms with Crippen LogP contribution < -0.4 is 10.7 Å². The van der Waals surface area contributed by atoms with Crippen LogP contribution in [0.1, 0.15) is 63.3 Å². The van der Waals surface area contributed by atoms with Gasteiger partial charge in [-0.15, -0.1) is 0 Å². The molecule has 188 valence electrons. The van der Waals surface area contributed by atoms with Gasteiger partial charge in [0, 0.05) is 13.2 Å². The average Bonchev–Trinajstić information content (AvgIpc) is 2.83. The summed E-state index contributed by atoms with van der Waals surface area (Å²) in [4.78, 5) is 12.2. The largest absolute Gasteiger partial charge is 0.505 e. The Morgan fingerprint density at radius 3 is 2.15 bits per heavy atom. The molecule has 0 atom stereocenters. The third kappa shape index (κ3) is 9.75. The molecule has 7 nitrogen and oxygen atoms in total. The van der Waals surface area contributed by atoms with E-state index in [1.165, 1.54) is 23.6 Å². The number of phenols is 1. The van der Waals surface area contributed by atoms with Gasteiger partial charge in [-0.25, -0.2) is 0 Å². The molecule has 2 aromatic carbocycles. The Bertz CT molecular complexity index is 919. The van der Waals surface area contributed by atoms with E-state index in [0.717, 1.165) is 12.0 Å². The number of aryl methyl sites for hydroxylation is 3. The summed E-state index contributed by atoms with van der Waals surface area (Å²) in [6.07, 6.45) is 1.89. The Balaban J connectivity index is 0.00000258. The number of carbonyl (C=O) groups is 1. The van der Waals surface area contributed by atoms with Crippen molar-refractivity contribution in [3.63, 3.8) is 0 Å². The molecule has 0 bridgehead atoms. The predicted molar refractivity (Wildman–Crippen MR) is 143 cm³/mol. The number of nitrogens with one attached hydrogen (secondary N) is 3. The van der Waals surface area contributed by atoms with Crippen LogP contribution in [-0.2, 0) is 17.6 Å². The maximum atomic E-state index is 12.2. The molecule has 0 aliphatic carbocycles. The van der Waals surface area contributed by atoms with E-state index in [1.807, 2.05) is 45.9 Å². The number of aromatic hydroxyl groups is 1. The highest BCUT2D eigenvalue weighted by Crippen LogP contribution is 2.29. The topological polar surface area (TPSA) is 118 Å². The van der Waals surface area contributed by atoms with Crippen molar-refractivity contribution in [3.8, 4) is 5.75 Å². The molecule has 0 spiro atoms. The highest BCUT2D eigenvalue weighted by atomic mass is 16.3. The summed E-state index contributed by atoms with van der Waals surface area (Å²) in [5.41, 5.74) is 7.51. The molecule has 0 fully saturated rings. The third-order valence-electron chi connectivity index (χ3n) is 4.89. The van der Waals surface area contributed by atoms with E-state index >= 15 is 0 Å². The maximum absolute atomic E-state index is 12.2. The average molecular weight is 471 g/mol. The summed E-state index contributed by atoms with van der Waals surface area (Å²) in [7, 11) is 0. The smallest absolute Gasteiger partial charge is 0.273 e. The van der Waals surface area contributed by atoms with Gasteiger partial charge in [0.1, 0.15) is 5.75 Å². The van der Waals surface area contributed by atoms with Gasteiger partial charge in [-0.3, -0.25) is 10.2 Å². The highest BCUT2D eigenvalue weighted by Gasteiger charge is 2.14. The normalized spacial score (nSPS) is 10.3. The zero-order valence-electron chi connectivity index (χ0n) is 21.7. The highest BCUT2D eigenvalue weighted by molar-refractivity contribution is 6.66. The Morgan fingerprint density at radius 2 is 1.59 bits per heavy atom. The van der Waals surface area contributed by atoms with Gasteiger partial charge < -0.3 is 20.9 Å². The minimum atomic E-state index is -0.505. The quantitative estimate of drug-likeness (QED) is 0.143. The molecule has 1 amide bonds. The number of rotatable bonds is 10. The number of hydrazone groups is 1. The molecule has 2 aromatic rings. The summed E-state index contributed by atoms with van der Waals surface area (Å²) in [5.74, 6) is -0.427. The van der Waals surface area contributed by atoms with Crippen molar-refractivity contribution >= 4 is 23.0 Å². The number of benzene rings is 2. The molecular weight excluding hydrogens is 428 g/mol. The number of aliphatic hydroxyl groups is 1. The molecule has 2 rings (SSSR count). The van der Waals surface area contributed by atoms with Crippen molar-refractivity contribution in [2.24, 2.45) is 5.10 Å². The lowest BCUT2D eigenvalue weighted by Gasteiger charge is -2.13. The molecule has 0 aromatic heterocycles. The number of anilines is 1. The van der Waals surface area contributed by atoms with E-state index in [0.29, 0.717) is 25.1 Å². The first kappa shape index (κ1) is 30.8. The fraction of sp³-hybridized carbons (Fsp3) is 0.444. The van der Waals surface area contributed by atoms with Crippen LogP contribution in [-0.4, -0.2) is 40.7 Å². The van der Waals surface area contributed by atoms with Crippen molar-refractivity contribution in [2.75, 3.05) is 18.6 Å². The number of carbonyl (C=O) groups excluding carboxylic acids is 1. The van der Waals surface area contributed by atoms with Crippen molar-refractivity contribution in [1.29, 1.82) is 5.41 Å². The van der Waals surface area contributed by atoms with E-state index in [-0.39, 0.29) is 23.8 Å². The Morgan fingerprint density at radius 1 is 1.00 bits per heavy atom. The van der Waals surface area contributed by atoms with Crippen molar-refractivity contribution in [2.45, 2.75) is 67.7 Å². The number of hydrogen-bond acceptors (Lipinski definition) is 6. The molecule has 0 aliphatic heterocycles. The molecule has 0 unspecified atom stereocenters. The lowest BCUT2D eigenvalue weighted by Crippen LogP contribution is -2.36. The standard InChI is InChI=1S/C23H30N4O3.2C2H6/c1-15-7-4-8-16(2)19(15)12-11-18-9-5-10-20(22(18)29)26-27-21(17(3)24)23(30)25-13-6-14-28;2*1-2/h4-5,7-10,24,26,28-29H,6,11-14H2,1-3H3,(H,25,30);2*1-2H3/b24-17?,27-21-;;.